The molecule has 1 amide bonds. The molecule has 1 saturated heterocycles. The largest absolute Gasteiger partial charge is 0.300 e. The van der Waals surface area contributed by atoms with Crippen molar-refractivity contribution in [2.24, 2.45) is 10.9 Å². The van der Waals surface area contributed by atoms with Crippen molar-refractivity contribution in [3.05, 3.63) is 30.3 Å². The number of amides is 1. The van der Waals surface area contributed by atoms with Crippen molar-refractivity contribution in [2.75, 3.05) is 0 Å². The van der Waals surface area contributed by atoms with Crippen LogP contribution in [0.4, 0.5) is 5.69 Å². The van der Waals surface area contributed by atoms with Crippen LogP contribution >= 0.6 is 0 Å². The van der Waals surface area contributed by atoms with E-state index in [1.54, 1.807) is 24.3 Å². The Morgan fingerprint density at radius 2 is 1.89 bits per heavy atom. The number of ketones is 2. The molecule has 0 bridgehead atoms. The second-order valence-electron chi connectivity index (χ2n) is 4.22. The molecule has 98 valence electrons. The Balaban J connectivity index is 2.25. The number of nitrogens with zero attached hydrogens (tertiary/aromatic N) is 1. The lowest BCUT2D eigenvalue weighted by Gasteiger charge is -2.05. The van der Waals surface area contributed by atoms with Crippen LogP contribution in [0, 0.1) is 5.92 Å². The van der Waals surface area contributed by atoms with Crippen molar-refractivity contribution in [2.45, 2.75) is 13.3 Å². The summed E-state index contributed by atoms with van der Waals surface area (Å²) >= 11 is 0. The molecule has 1 unspecified atom stereocenters. The van der Waals surface area contributed by atoms with Gasteiger partial charge in [-0.2, -0.15) is 0 Å². The predicted molar refractivity (Wildman–Crippen MR) is 68.6 cm³/mol. The van der Waals surface area contributed by atoms with Crippen LogP contribution < -0.4 is 10.9 Å². The molecule has 0 radical (unpaired) electrons. The van der Waals surface area contributed by atoms with Crippen LogP contribution in [0.25, 0.3) is 0 Å². The molecule has 1 atom stereocenters. The Bertz CT molecular complexity index is 552. The molecule has 2 N–H and O–H groups in total. The number of carbonyl (C=O) groups is 3. The van der Waals surface area contributed by atoms with Gasteiger partial charge in [-0.1, -0.05) is 18.2 Å². The van der Waals surface area contributed by atoms with Crippen molar-refractivity contribution in [1.29, 1.82) is 0 Å². The summed E-state index contributed by atoms with van der Waals surface area (Å²) in [6.45, 7) is 1.31. The van der Waals surface area contributed by atoms with E-state index in [4.69, 9.17) is 0 Å². The van der Waals surface area contributed by atoms with Crippen molar-refractivity contribution in [1.82, 2.24) is 10.9 Å². The third-order valence-electron chi connectivity index (χ3n) is 2.60. The summed E-state index contributed by atoms with van der Waals surface area (Å²) in [5.74, 6) is -2.03. The second kappa shape index (κ2) is 5.43. The fourth-order valence-corrected chi connectivity index (χ4v) is 1.77. The lowest BCUT2D eigenvalue weighted by atomic mass is 9.99. The average molecular weight is 259 g/mol. The van der Waals surface area contributed by atoms with Crippen molar-refractivity contribution >= 4 is 29.0 Å². The summed E-state index contributed by atoms with van der Waals surface area (Å²) in [5.41, 5.74) is 5.55. The lowest BCUT2D eigenvalue weighted by molar-refractivity contribution is -0.131. The molecule has 1 aliphatic heterocycles. The topological polar surface area (TPSA) is 87.6 Å². The van der Waals surface area contributed by atoms with Gasteiger partial charge in [0.05, 0.1) is 12.1 Å². The molecule has 1 heterocycles. The minimum atomic E-state index is -1.04. The normalized spacial score (nSPS) is 19.9. The molecule has 6 heteroatoms. The highest BCUT2D eigenvalue weighted by Gasteiger charge is 2.37. The molecule has 0 aliphatic carbocycles. The zero-order chi connectivity index (χ0) is 13.8. The monoisotopic (exact) mass is 259 g/mol. The van der Waals surface area contributed by atoms with Gasteiger partial charge in [0.1, 0.15) is 11.6 Å². The first-order chi connectivity index (χ1) is 9.08. The molecule has 0 saturated carbocycles. The molecular formula is C13H13N3O3. The molecule has 1 aromatic carbocycles. The number of Topliss-reactive ketones (excluding diaryl/α,β-unsaturated/α-hetero) is 2. The van der Waals surface area contributed by atoms with Gasteiger partial charge >= 0.3 is 0 Å². The van der Waals surface area contributed by atoms with Gasteiger partial charge in [-0.15, -0.1) is 0 Å². The Hall–Kier alpha value is -2.50. The molecule has 0 spiro atoms. The number of benzene rings is 1. The van der Waals surface area contributed by atoms with Crippen LogP contribution in [0.5, 0.6) is 0 Å². The maximum Gasteiger partial charge on any atom is 0.256 e. The first-order valence-electron chi connectivity index (χ1n) is 5.79. The fourth-order valence-electron chi connectivity index (χ4n) is 1.77. The van der Waals surface area contributed by atoms with E-state index in [1.165, 1.54) is 6.92 Å². The van der Waals surface area contributed by atoms with E-state index >= 15 is 0 Å². The standard InChI is InChI=1S/C13H13N3O3/c1-8(17)7-10(18)11-12(15-16-13(11)19)14-9-5-3-2-4-6-9/h2-6,11H,7H2,1H3,(H,14,15)(H,16,19). The van der Waals surface area contributed by atoms with Crippen molar-refractivity contribution < 1.29 is 14.4 Å². The molecule has 1 fully saturated rings. The maximum atomic E-state index is 11.9. The minimum absolute atomic E-state index is 0.224. The Morgan fingerprint density at radius 1 is 1.21 bits per heavy atom. The van der Waals surface area contributed by atoms with Crippen LogP contribution in [0.3, 0.4) is 0 Å². The predicted octanol–water partition coefficient (Wildman–Crippen LogP) is 0.515. The smallest absolute Gasteiger partial charge is 0.256 e. The number of amidine groups is 1. The molecule has 2 rings (SSSR count). The van der Waals surface area contributed by atoms with Crippen LogP contribution in [0.1, 0.15) is 13.3 Å². The number of para-hydroxylation sites is 1. The summed E-state index contributed by atoms with van der Waals surface area (Å²) in [7, 11) is 0. The van der Waals surface area contributed by atoms with Crippen LogP contribution in [0.15, 0.2) is 35.3 Å². The number of nitrogens with one attached hydrogen (secondary N) is 2. The molecule has 19 heavy (non-hydrogen) atoms. The number of aliphatic imine (C=N–C) groups is 1. The maximum absolute atomic E-state index is 11.9. The SMILES string of the molecule is CC(=O)CC(=O)C1C(=O)NNC1=Nc1ccccc1. The van der Waals surface area contributed by atoms with E-state index in [0.29, 0.717) is 5.69 Å². The van der Waals surface area contributed by atoms with Gasteiger partial charge in [0.2, 0.25) is 0 Å². The Labute approximate surface area is 109 Å². The van der Waals surface area contributed by atoms with Gasteiger partial charge in [-0.25, -0.2) is 4.99 Å². The van der Waals surface area contributed by atoms with Crippen LogP contribution in [-0.4, -0.2) is 23.3 Å². The lowest BCUT2D eigenvalue weighted by Crippen LogP contribution is -2.29. The zero-order valence-corrected chi connectivity index (χ0v) is 10.3. The highest BCUT2D eigenvalue weighted by atomic mass is 16.2. The van der Waals surface area contributed by atoms with Gasteiger partial charge in [0.15, 0.2) is 11.7 Å². The van der Waals surface area contributed by atoms with Crippen molar-refractivity contribution in [3.63, 3.8) is 0 Å². The molecule has 1 aromatic rings. The van der Waals surface area contributed by atoms with Gasteiger partial charge < -0.3 is 0 Å². The van der Waals surface area contributed by atoms with E-state index in [2.05, 4.69) is 15.8 Å². The molecular weight excluding hydrogens is 246 g/mol. The number of carbonyl (C=O) groups excluding carboxylic acids is 3. The van der Waals surface area contributed by atoms with Gasteiger partial charge in [0, 0.05) is 0 Å². The number of rotatable bonds is 4. The van der Waals surface area contributed by atoms with Gasteiger partial charge in [-0.05, 0) is 19.1 Å². The average Bonchev–Trinajstić information content (AvgIpc) is 2.71. The summed E-state index contributed by atoms with van der Waals surface area (Å²) in [6, 6.07) is 8.95. The summed E-state index contributed by atoms with van der Waals surface area (Å²) in [6.07, 6.45) is -0.270. The van der Waals surface area contributed by atoms with E-state index < -0.39 is 17.6 Å². The Morgan fingerprint density at radius 3 is 2.53 bits per heavy atom. The van der Waals surface area contributed by atoms with Crippen LogP contribution in [0.2, 0.25) is 0 Å². The zero-order valence-electron chi connectivity index (χ0n) is 10.3. The van der Waals surface area contributed by atoms with Crippen molar-refractivity contribution in [3.8, 4) is 0 Å². The number of hydrogen-bond acceptors (Lipinski definition) is 4. The highest BCUT2D eigenvalue weighted by molar-refractivity contribution is 6.25. The number of hydrogen-bond donors (Lipinski definition) is 2. The fraction of sp³-hybridized carbons (Fsp3) is 0.231. The first-order valence-corrected chi connectivity index (χ1v) is 5.79. The minimum Gasteiger partial charge on any atom is -0.300 e. The summed E-state index contributed by atoms with van der Waals surface area (Å²) in [4.78, 5) is 38.7. The quantitative estimate of drug-likeness (QED) is 0.771. The Kier molecular flexibility index (Phi) is 3.70. The summed E-state index contributed by atoms with van der Waals surface area (Å²) in [5, 5.41) is 0. The van der Waals surface area contributed by atoms with E-state index in [-0.39, 0.29) is 18.0 Å². The van der Waals surface area contributed by atoms with Gasteiger partial charge in [-0.3, -0.25) is 25.2 Å². The first kappa shape index (κ1) is 12.9. The van der Waals surface area contributed by atoms with Crippen LogP contribution in [-0.2, 0) is 14.4 Å². The number of hydrazine groups is 1. The van der Waals surface area contributed by atoms with E-state index in [0.717, 1.165) is 0 Å². The van der Waals surface area contributed by atoms with Gasteiger partial charge in [0.25, 0.3) is 5.91 Å². The van der Waals surface area contributed by atoms with E-state index in [1.807, 2.05) is 6.07 Å². The second-order valence-corrected chi connectivity index (χ2v) is 4.22. The third-order valence-corrected chi connectivity index (χ3v) is 2.60. The highest BCUT2D eigenvalue weighted by Crippen LogP contribution is 2.15. The summed E-state index contributed by atoms with van der Waals surface area (Å²) < 4.78 is 0. The third kappa shape index (κ3) is 3.04. The molecule has 1 aliphatic rings. The molecule has 0 aromatic heterocycles. The molecule has 6 nitrogen and oxygen atoms in total. The van der Waals surface area contributed by atoms with E-state index in [9.17, 15) is 14.4 Å².